The molecule has 0 aliphatic rings. The normalized spacial score (nSPS) is 11.5. The van der Waals surface area contributed by atoms with E-state index in [0.29, 0.717) is 18.7 Å². The summed E-state index contributed by atoms with van der Waals surface area (Å²) >= 11 is 0. The fraction of sp³-hybridized carbons (Fsp3) is 0.389. The lowest BCUT2D eigenvalue weighted by Crippen LogP contribution is -2.24. The average molecular weight is 300 g/mol. The van der Waals surface area contributed by atoms with Gasteiger partial charge in [0.25, 0.3) is 0 Å². The molecule has 0 spiro atoms. The number of esters is 1. The van der Waals surface area contributed by atoms with E-state index in [1.807, 2.05) is 64.1 Å². The number of rotatable bonds is 4. The third-order valence-electron chi connectivity index (χ3n) is 3.41. The summed E-state index contributed by atoms with van der Waals surface area (Å²) in [6, 6.07) is 11.9. The first kappa shape index (κ1) is 16.3. The van der Waals surface area contributed by atoms with Crippen LogP contribution >= 0.6 is 0 Å². The fourth-order valence-corrected chi connectivity index (χ4v) is 2.45. The van der Waals surface area contributed by atoms with Crippen LogP contribution in [0.2, 0.25) is 0 Å². The molecule has 1 heterocycles. The predicted octanol–water partition coefficient (Wildman–Crippen LogP) is 3.38. The lowest BCUT2D eigenvalue weighted by molar-refractivity contribution is 0.00687. The SMILES string of the molecule is Cc1c(C(=O)OC(C)(C)C)cc(-c2ccccc2)n1CCN. The summed E-state index contributed by atoms with van der Waals surface area (Å²) in [5.74, 6) is -0.294. The van der Waals surface area contributed by atoms with Gasteiger partial charge in [-0.1, -0.05) is 30.3 Å². The Morgan fingerprint density at radius 3 is 2.41 bits per heavy atom. The van der Waals surface area contributed by atoms with Crippen molar-refractivity contribution in [3.05, 3.63) is 47.7 Å². The van der Waals surface area contributed by atoms with Gasteiger partial charge in [0.1, 0.15) is 5.60 Å². The van der Waals surface area contributed by atoms with Crippen molar-refractivity contribution < 1.29 is 9.53 Å². The second-order valence-electron chi connectivity index (χ2n) is 6.34. The number of ether oxygens (including phenoxy) is 1. The van der Waals surface area contributed by atoms with Crippen molar-refractivity contribution in [2.45, 2.75) is 39.8 Å². The van der Waals surface area contributed by atoms with Crippen LogP contribution in [-0.4, -0.2) is 22.7 Å². The summed E-state index contributed by atoms with van der Waals surface area (Å²) < 4.78 is 7.58. The molecule has 2 N–H and O–H groups in total. The third-order valence-corrected chi connectivity index (χ3v) is 3.41. The highest BCUT2D eigenvalue weighted by atomic mass is 16.6. The van der Waals surface area contributed by atoms with Crippen molar-refractivity contribution in [2.24, 2.45) is 5.73 Å². The second kappa shape index (κ2) is 6.36. The molecule has 0 radical (unpaired) electrons. The van der Waals surface area contributed by atoms with E-state index in [1.54, 1.807) is 0 Å². The van der Waals surface area contributed by atoms with Gasteiger partial charge >= 0.3 is 5.97 Å². The zero-order valence-corrected chi connectivity index (χ0v) is 13.7. The first-order valence-corrected chi connectivity index (χ1v) is 7.52. The van der Waals surface area contributed by atoms with Crippen molar-refractivity contribution in [3.8, 4) is 11.3 Å². The van der Waals surface area contributed by atoms with E-state index >= 15 is 0 Å². The molecule has 0 aliphatic heterocycles. The molecule has 4 heteroatoms. The number of nitrogens with two attached hydrogens (primary N) is 1. The van der Waals surface area contributed by atoms with E-state index in [9.17, 15) is 4.79 Å². The minimum atomic E-state index is -0.508. The molecule has 0 atom stereocenters. The maximum absolute atomic E-state index is 12.4. The quantitative estimate of drug-likeness (QED) is 0.881. The van der Waals surface area contributed by atoms with Gasteiger partial charge in [0.2, 0.25) is 0 Å². The monoisotopic (exact) mass is 300 g/mol. The van der Waals surface area contributed by atoms with Crippen LogP contribution in [0.15, 0.2) is 36.4 Å². The van der Waals surface area contributed by atoms with Crippen LogP contribution in [-0.2, 0) is 11.3 Å². The van der Waals surface area contributed by atoms with Gasteiger partial charge in [-0.05, 0) is 39.3 Å². The van der Waals surface area contributed by atoms with Gasteiger partial charge in [-0.15, -0.1) is 0 Å². The third kappa shape index (κ3) is 3.57. The van der Waals surface area contributed by atoms with Gasteiger partial charge in [0.05, 0.1) is 5.56 Å². The number of hydrogen-bond acceptors (Lipinski definition) is 3. The smallest absolute Gasteiger partial charge is 0.340 e. The summed E-state index contributed by atoms with van der Waals surface area (Å²) in [4.78, 5) is 12.4. The maximum atomic E-state index is 12.4. The van der Waals surface area contributed by atoms with Crippen LogP contribution in [0.1, 0.15) is 36.8 Å². The van der Waals surface area contributed by atoms with Crippen molar-refractivity contribution in [1.82, 2.24) is 4.57 Å². The topological polar surface area (TPSA) is 57.2 Å². The number of carbonyl (C=O) groups excluding carboxylic acids is 1. The minimum Gasteiger partial charge on any atom is -0.456 e. The molecule has 118 valence electrons. The molecule has 0 unspecified atom stereocenters. The molecule has 0 amide bonds. The standard InChI is InChI=1S/C18H24N2O2/c1-13-15(17(21)22-18(2,3)4)12-16(20(13)11-10-19)14-8-6-5-7-9-14/h5-9,12H,10-11,19H2,1-4H3. The number of carbonyl (C=O) groups is 1. The van der Waals surface area contributed by atoms with Gasteiger partial charge in [0, 0.05) is 24.5 Å². The molecule has 2 aromatic rings. The molecule has 2 rings (SSSR count). The Morgan fingerprint density at radius 2 is 1.86 bits per heavy atom. The lowest BCUT2D eigenvalue weighted by Gasteiger charge is -2.19. The largest absolute Gasteiger partial charge is 0.456 e. The molecule has 0 bridgehead atoms. The highest BCUT2D eigenvalue weighted by Crippen LogP contribution is 2.27. The number of hydrogen-bond donors (Lipinski definition) is 1. The van der Waals surface area contributed by atoms with Crippen LogP contribution in [0.5, 0.6) is 0 Å². The average Bonchev–Trinajstić information content (AvgIpc) is 2.76. The van der Waals surface area contributed by atoms with Crippen molar-refractivity contribution >= 4 is 5.97 Å². The van der Waals surface area contributed by atoms with E-state index in [-0.39, 0.29) is 5.97 Å². The fourth-order valence-electron chi connectivity index (χ4n) is 2.45. The zero-order chi connectivity index (χ0) is 16.3. The van der Waals surface area contributed by atoms with Crippen LogP contribution in [0.3, 0.4) is 0 Å². The second-order valence-corrected chi connectivity index (χ2v) is 6.34. The molecule has 0 fully saturated rings. The van der Waals surface area contributed by atoms with Gasteiger partial charge in [0.15, 0.2) is 0 Å². The molecule has 4 nitrogen and oxygen atoms in total. The Labute approximate surface area is 131 Å². The van der Waals surface area contributed by atoms with Crippen LogP contribution in [0, 0.1) is 6.92 Å². The highest BCUT2D eigenvalue weighted by Gasteiger charge is 2.23. The van der Waals surface area contributed by atoms with Crippen LogP contribution < -0.4 is 5.73 Å². The Morgan fingerprint density at radius 1 is 1.23 bits per heavy atom. The molecule has 0 saturated heterocycles. The number of benzene rings is 1. The van der Waals surface area contributed by atoms with Crippen LogP contribution in [0.25, 0.3) is 11.3 Å². The predicted molar refractivity (Wildman–Crippen MR) is 88.8 cm³/mol. The first-order chi connectivity index (χ1) is 10.3. The molecule has 22 heavy (non-hydrogen) atoms. The van der Waals surface area contributed by atoms with Crippen molar-refractivity contribution in [1.29, 1.82) is 0 Å². The van der Waals surface area contributed by atoms with Crippen molar-refractivity contribution in [2.75, 3.05) is 6.54 Å². The molecular formula is C18H24N2O2. The first-order valence-electron chi connectivity index (χ1n) is 7.52. The molecule has 1 aromatic carbocycles. The summed E-state index contributed by atoms with van der Waals surface area (Å²) in [6.45, 7) is 8.73. The molecule has 0 aliphatic carbocycles. The Balaban J connectivity index is 2.47. The maximum Gasteiger partial charge on any atom is 0.340 e. The van der Waals surface area contributed by atoms with Gasteiger partial charge in [-0.3, -0.25) is 0 Å². The summed E-state index contributed by atoms with van der Waals surface area (Å²) in [7, 11) is 0. The highest BCUT2D eigenvalue weighted by molar-refractivity contribution is 5.93. The van der Waals surface area contributed by atoms with Gasteiger partial charge in [-0.2, -0.15) is 0 Å². The minimum absolute atomic E-state index is 0.294. The Kier molecular flexibility index (Phi) is 4.71. The Bertz CT molecular complexity index is 652. The summed E-state index contributed by atoms with van der Waals surface area (Å²) in [6.07, 6.45) is 0. The van der Waals surface area contributed by atoms with Gasteiger partial charge in [-0.25, -0.2) is 4.79 Å². The lowest BCUT2D eigenvalue weighted by atomic mass is 10.1. The van der Waals surface area contributed by atoms with E-state index in [4.69, 9.17) is 10.5 Å². The van der Waals surface area contributed by atoms with E-state index in [2.05, 4.69) is 4.57 Å². The van der Waals surface area contributed by atoms with E-state index in [0.717, 1.165) is 17.0 Å². The van der Waals surface area contributed by atoms with Crippen LogP contribution in [0.4, 0.5) is 0 Å². The Hall–Kier alpha value is -2.07. The molecule has 0 saturated carbocycles. The number of aromatic nitrogens is 1. The van der Waals surface area contributed by atoms with E-state index < -0.39 is 5.60 Å². The summed E-state index contributed by atoms with van der Waals surface area (Å²) in [5, 5.41) is 0. The summed E-state index contributed by atoms with van der Waals surface area (Å²) in [5.41, 5.74) is 8.76. The van der Waals surface area contributed by atoms with E-state index in [1.165, 1.54) is 0 Å². The zero-order valence-electron chi connectivity index (χ0n) is 13.7. The molecular weight excluding hydrogens is 276 g/mol. The number of nitrogens with zero attached hydrogens (tertiary/aromatic N) is 1. The van der Waals surface area contributed by atoms with Crippen molar-refractivity contribution in [3.63, 3.8) is 0 Å². The van der Waals surface area contributed by atoms with Gasteiger partial charge < -0.3 is 15.0 Å². The molecule has 1 aromatic heterocycles.